The van der Waals surface area contributed by atoms with Crippen LogP contribution >= 0.6 is 0 Å². The quantitative estimate of drug-likeness (QED) is 0.814. The molecule has 2 heterocycles. The zero-order valence-electron chi connectivity index (χ0n) is 10.9. The molecule has 5 nitrogen and oxygen atoms in total. The maximum Gasteiger partial charge on any atom is 0.225 e. The molecule has 0 aromatic carbocycles. The number of rotatable bonds is 3. The third-order valence-corrected chi connectivity index (χ3v) is 3.19. The molecular weight excluding hydrogens is 214 g/mol. The van der Waals surface area contributed by atoms with Gasteiger partial charge in [-0.1, -0.05) is 0 Å². The molecule has 0 atom stereocenters. The molecule has 0 spiro atoms. The first-order chi connectivity index (χ1) is 8.20. The molecule has 1 aromatic rings. The van der Waals surface area contributed by atoms with Crippen LogP contribution in [0.2, 0.25) is 0 Å². The van der Waals surface area contributed by atoms with Gasteiger partial charge in [0.15, 0.2) is 0 Å². The molecule has 0 unspecified atom stereocenters. The summed E-state index contributed by atoms with van der Waals surface area (Å²) in [5.41, 5.74) is 2.24. The van der Waals surface area contributed by atoms with Crippen molar-refractivity contribution in [2.45, 2.75) is 13.5 Å². The summed E-state index contributed by atoms with van der Waals surface area (Å²) in [5.74, 6) is 0.869. The average molecular weight is 235 g/mol. The van der Waals surface area contributed by atoms with Gasteiger partial charge in [-0.15, -0.1) is 0 Å². The monoisotopic (exact) mass is 235 g/mol. The zero-order chi connectivity index (χ0) is 12.3. The van der Waals surface area contributed by atoms with Gasteiger partial charge in [0.2, 0.25) is 5.95 Å². The second kappa shape index (κ2) is 5.42. The Hall–Kier alpha value is -1.20. The first-order valence-corrected chi connectivity index (χ1v) is 6.11. The average Bonchev–Trinajstić information content (AvgIpc) is 2.33. The molecule has 0 bridgehead atoms. The molecule has 2 rings (SSSR count). The van der Waals surface area contributed by atoms with Crippen LogP contribution in [0.25, 0.3) is 0 Å². The van der Waals surface area contributed by atoms with Crippen LogP contribution in [0, 0.1) is 6.92 Å². The van der Waals surface area contributed by atoms with E-state index in [0.717, 1.165) is 49.9 Å². The number of piperazine rings is 1. The number of anilines is 1. The van der Waals surface area contributed by atoms with Gasteiger partial charge in [-0.05, 0) is 26.6 Å². The Balaban J connectivity index is 2.12. The van der Waals surface area contributed by atoms with Gasteiger partial charge in [-0.25, -0.2) is 9.97 Å². The standard InChI is InChI=1S/C12H21N5/c1-10-8-14-12(15-11(10)9-13-2)17-6-4-16(3)5-7-17/h8,13H,4-7,9H2,1-3H3. The highest BCUT2D eigenvalue weighted by atomic mass is 15.3. The normalized spacial score (nSPS) is 17.5. The highest BCUT2D eigenvalue weighted by molar-refractivity contribution is 5.33. The van der Waals surface area contributed by atoms with E-state index in [4.69, 9.17) is 0 Å². The summed E-state index contributed by atoms with van der Waals surface area (Å²) in [6.07, 6.45) is 1.92. The summed E-state index contributed by atoms with van der Waals surface area (Å²) in [4.78, 5) is 13.7. The van der Waals surface area contributed by atoms with Gasteiger partial charge in [0.05, 0.1) is 5.69 Å². The van der Waals surface area contributed by atoms with Crippen LogP contribution in [0.1, 0.15) is 11.3 Å². The highest BCUT2D eigenvalue weighted by Gasteiger charge is 2.16. The van der Waals surface area contributed by atoms with Crippen molar-refractivity contribution in [3.8, 4) is 0 Å². The Morgan fingerprint density at radius 2 is 2.00 bits per heavy atom. The third kappa shape index (κ3) is 2.92. The SMILES string of the molecule is CNCc1nc(N2CCN(C)CC2)ncc1C. The number of aryl methyl sites for hydroxylation is 1. The maximum atomic E-state index is 4.64. The lowest BCUT2D eigenvalue weighted by Crippen LogP contribution is -2.45. The van der Waals surface area contributed by atoms with Gasteiger partial charge in [0.25, 0.3) is 0 Å². The largest absolute Gasteiger partial charge is 0.338 e. The van der Waals surface area contributed by atoms with E-state index >= 15 is 0 Å². The molecule has 1 N–H and O–H groups in total. The Morgan fingerprint density at radius 1 is 1.29 bits per heavy atom. The maximum absolute atomic E-state index is 4.64. The number of nitrogens with one attached hydrogen (secondary N) is 1. The van der Waals surface area contributed by atoms with Crippen LogP contribution in [-0.4, -0.2) is 55.1 Å². The Morgan fingerprint density at radius 3 is 2.65 bits per heavy atom. The van der Waals surface area contributed by atoms with Crippen LogP contribution in [0.4, 0.5) is 5.95 Å². The van der Waals surface area contributed by atoms with Crippen molar-refractivity contribution in [1.29, 1.82) is 0 Å². The van der Waals surface area contributed by atoms with E-state index < -0.39 is 0 Å². The molecule has 1 fully saturated rings. The van der Waals surface area contributed by atoms with E-state index in [0.29, 0.717) is 0 Å². The van der Waals surface area contributed by atoms with Crippen LogP contribution in [-0.2, 0) is 6.54 Å². The first kappa shape index (κ1) is 12.3. The zero-order valence-corrected chi connectivity index (χ0v) is 10.9. The van der Waals surface area contributed by atoms with E-state index in [1.807, 2.05) is 13.2 Å². The molecule has 1 aliphatic heterocycles. The van der Waals surface area contributed by atoms with Crippen molar-refractivity contribution < 1.29 is 0 Å². The van der Waals surface area contributed by atoms with Gasteiger partial charge in [0.1, 0.15) is 0 Å². The van der Waals surface area contributed by atoms with Crippen molar-refractivity contribution in [2.75, 3.05) is 45.2 Å². The molecule has 0 radical (unpaired) electrons. The Bertz CT molecular complexity index is 371. The van der Waals surface area contributed by atoms with Crippen LogP contribution in [0.5, 0.6) is 0 Å². The number of nitrogens with zero attached hydrogens (tertiary/aromatic N) is 4. The van der Waals surface area contributed by atoms with Crippen molar-refractivity contribution in [2.24, 2.45) is 0 Å². The molecule has 17 heavy (non-hydrogen) atoms. The van der Waals surface area contributed by atoms with Gasteiger partial charge in [-0.3, -0.25) is 0 Å². The highest BCUT2D eigenvalue weighted by Crippen LogP contribution is 2.13. The third-order valence-electron chi connectivity index (χ3n) is 3.19. The number of hydrogen-bond donors (Lipinski definition) is 1. The molecular formula is C12H21N5. The lowest BCUT2D eigenvalue weighted by molar-refractivity contribution is 0.311. The predicted molar refractivity (Wildman–Crippen MR) is 69.2 cm³/mol. The van der Waals surface area contributed by atoms with Crippen molar-refractivity contribution >= 4 is 5.95 Å². The van der Waals surface area contributed by atoms with Crippen LogP contribution < -0.4 is 10.2 Å². The van der Waals surface area contributed by atoms with Crippen LogP contribution in [0.15, 0.2) is 6.20 Å². The van der Waals surface area contributed by atoms with Crippen molar-refractivity contribution in [3.05, 3.63) is 17.5 Å². The lowest BCUT2D eigenvalue weighted by Gasteiger charge is -2.32. The number of likely N-dealkylation sites (N-methyl/N-ethyl adjacent to an activating group) is 1. The van der Waals surface area contributed by atoms with E-state index in [-0.39, 0.29) is 0 Å². The van der Waals surface area contributed by atoms with Gasteiger partial charge >= 0.3 is 0 Å². The molecule has 1 saturated heterocycles. The van der Waals surface area contributed by atoms with E-state index in [1.54, 1.807) is 0 Å². The minimum atomic E-state index is 0.801. The van der Waals surface area contributed by atoms with Gasteiger partial charge in [0, 0.05) is 38.9 Å². The van der Waals surface area contributed by atoms with Crippen molar-refractivity contribution in [1.82, 2.24) is 20.2 Å². The molecule has 0 aliphatic carbocycles. The van der Waals surface area contributed by atoms with Crippen molar-refractivity contribution in [3.63, 3.8) is 0 Å². The number of aromatic nitrogens is 2. The fourth-order valence-corrected chi connectivity index (χ4v) is 1.97. The van der Waals surface area contributed by atoms with Gasteiger partial charge in [-0.2, -0.15) is 0 Å². The van der Waals surface area contributed by atoms with Crippen LogP contribution in [0.3, 0.4) is 0 Å². The predicted octanol–water partition coefficient (Wildman–Crippen LogP) is 0.256. The summed E-state index contributed by atoms with van der Waals surface area (Å²) >= 11 is 0. The molecule has 1 aromatic heterocycles. The summed E-state index contributed by atoms with van der Waals surface area (Å²) in [6.45, 7) is 7.05. The Kier molecular flexibility index (Phi) is 3.91. The fourth-order valence-electron chi connectivity index (χ4n) is 1.97. The second-order valence-corrected chi connectivity index (χ2v) is 4.62. The smallest absolute Gasteiger partial charge is 0.225 e. The Labute approximate surface area is 103 Å². The summed E-state index contributed by atoms with van der Waals surface area (Å²) in [7, 11) is 4.09. The minimum Gasteiger partial charge on any atom is -0.338 e. The fraction of sp³-hybridized carbons (Fsp3) is 0.667. The lowest BCUT2D eigenvalue weighted by atomic mass is 10.2. The minimum absolute atomic E-state index is 0.801. The summed E-state index contributed by atoms with van der Waals surface area (Å²) < 4.78 is 0. The molecule has 5 heteroatoms. The second-order valence-electron chi connectivity index (χ2n) is 4.62. The summed E-state index contributed by atoms with van der Waals surface area (Å²) in [5, 5.41) is 3.14. The number of hydrogen-bond acceptors (Lipinski definition) is 5. The molecule has 94 valence electrons. The first-order valence-electron chi connectivity index (χ1n) is 6.11. The van der Waals surface area contributed by atoms with E-state index in [1.165, 1.54) is 0 Å². The summed E-state index contributed by atoms with van der Waals surface area (Å²) in [6, 6.07) is 0. The molecule has 0 saturated carbocycles. The molecule has 0 amide bonds. The topological polar surface area (TPSA) is 44.3 Å². The molecule has 1 aliphatic rings. The van der Waals surface area contributed by atoms with Gasteiger partial charge < -0.3 is 15.1 Å². The van der Waals surface area contributed by atoms with E-state index in [2.05, 4.69) is 39.1 Å². The van der Waals surface area contributed by atoms with E-state index in [9.17, 15) is 0 Å².